The number of aliphatic hydroxyl groups is 1. The van der Waals surface area contributed by atoms with Gasteiger partial charge in [-0.15, -0.1) is 10.2 Å². The van der Waals surface area contributed by atoms with Crippen molar-refractivity contribution in [2.45, 2.75) is 36.4 Å². The molecule has 1 atom stereocenters. The van der Waals surface area contributed by atoms with Crippen molar-refractivity contribution >= 4 is 62.5 Å². The van der Waals surface area contributed by atoms with Gasteiger partial charge in [0, 0.05) is 16.2 Å². The third kappa shape index (κ3) is 6.60. The number of hydrogen-bond donors (Lipinski definition) is 1. The van der Waals surface area contributed by atoms with Crippen molar-refractivity contribution in [3.8, 4) is 17.2 Å². The van der Waals surface area contributed by atoms with Crippen molar-refractivity contribution in [1.29, 1.82) is 0 Å². The number of aliphatic hydroxyl groups excluding tert-OH is 1. The number of nitrogens with zero attached hydrogens (tertiary/aromatic N) is 3. The molecule has 2 aromatic heterocycles. The van der Waals surface area contributed by atoms with Gasteiger partial charge in [0.1, 0.15) is 0 Å². The Kier molecular flexibility index (Phi) is 9.95. The SMILES string of the molecule is COc1cc(C2C(C(=O)c3cc4cccc(OC)c4o3)=C(O)C(=O)N2c2nnc(SCc3ccccc3Cl)s2)ccc1OCCC(C)C. The summed E-state index contributed by atoms with van der Waals surface area (Å²) in [5.41, 5.74) is 1.61. The number of ether oxygens (including phenoxy) is 3. The topological polar surface area (TPSA) is 124 Å². The van der Waals surface area contributed by atoms with E-state index >= 15 is 0 Å². The number of rotatable bonds is 13. The van der Waals surface area contributed by atoms with Gasteiger partial charge in [-0.25, -0.2) is 0 Å². The van der Waals surface area contributed by atoms with E-state index in [0.717, 1.165) is 23.3 Å². The summed E-state index contributed by atoms with van der Waals surface area (Å²) in [5, 5.41) is 21.4. The minimum Gasteiger partial charge on any atom is -0.503 e. The van der Waals surface area contributed by atoms with Gasteiger partial charge in [0.2, 0.25) is 10.9 Å². The van der Waals surface area contributed by atoms with Gasteiger partial charge >= 0.3 is 0 Å². The standard InChI is InChI=1S/C35H32ClN3O7S2/c1-19(2)14-15-45-24-13-12-20(16-26(24)44-4)29-28(30(40)27-17-21-9-7-11-25(43-3)32(21)46-27)31(41)33(42)39(29)34-37-38-35(48-34)47-18-22-8-5-6-10-23(22)36/h5-13,16-17,19,29,41H,14-15,18H2,1-4H3. The molecular weight excluding hydrogens is 674 g/mol. The number of hydrogen-bond acceptors (Lipinski definition) is 11. The van der Waals surface area contributed by atoms with Gasteiger partial charge in [0.05, 0.1) is 32.4 Å². The molecule has 248 valence electrons. The van der Waals surface area contributed by atoms with Gasteiger partial charge in [-0.05, 0) is 53.8 Å². The van der Waals surface area contributed by atoms with E-state index in [-0.39, 0.29) is 16.5 Å². The number of benzene rings is 3. The first-order valence-electron chi connectivity index (χ1n) is 15.1. The molecule has 1 aliphatic rings. The molecule has 48 heavy (non-hydrogen) atoms. The number of Topliss-reactive ketones (excluding diaryl/α,β-unsaturated/α-hetero) is 1. The molecule has 5 aromatic rings. The van der Waals surface area contributed by atoms with Crippen LogP contribution in [0.25, 0.3) is 11.0 Å². The number of thioether (sulfide) groups is 1. The number of carbonyl (C=O) groups is 2. The van der Waals surface area contributed by atoms with Gasteiger partial charge in [0.15, 0.2) is 38.7 Å². The maximum atomic E-state index is 14.2. The summed E-state index contributed by atoms with van der Waals surface area (Å²) in [5.74, 6) is 0.100. The van der Waals surface area contributed by atoms with Crippen molar-refractivity contribution in [2.24, 2.45) is 5.92 Å². The zero-order valence-electron chi connectivity index (χ0n) is 26.6. The van der Waals surface area contributed by atoms with Crippen LogP contribution in [0.4, 0.5) is 5.13 Å². The molecule has 0 aliphatic carbocycles. The summed E-state index contributed by atoms with van der Waals surface area (Å²) < 4.78 is 23.6. The maximum Gasteiger partial charge on any atom is 0.296 e. The van der Waals surface area contributed by atoms with Gasteiger partial charge in [-0.1, -0.05) is 84.9 Å². The summed E-state index contributed by atoms with van der Waals surface area (Å²) in [6.45, 7) is 4.71. The lowest BCUT2D eigenvalue weighted by molar-refractivity contribution is -0.117. The van der Waals surface area contributed by atoms with E-state index < -0.39 is 23.5 Å². The second-order valence-electron chi connectivity index (χ2n) is 11.3. The Balaban J connectivity index is 1.39. The highest BCUT2D eigenvalue weighted by molar-refractivity contribution is 8.00. The molecule has 0 saturated heterocycles. The number of amides is 1. The zero-order chi connectivity index (χ0) is 33.9. The second kappa shape index (κ2) is 14.3. The largest absolute Gasteiger partial charge is 0.503 e. The predicted molar refractivity (Wildman–Crippen MR) is 186 cm³/mol. The molecule has 1 N–H and O–H groups in total. The second-order valence-corrected chi connectivity index (χ2v) is 13.9. The Bertz CT molecular complexity index is 2020. The Labute approximate surface area is 290 Å². The molecule has 0 saturated carbocycles. The van der Waals surface area contributed by atoms with Crippen molar-refractivity contribution in [2.75, 3.05) is 25.7 Å². The van der Waals surface area contributed by atoms with E-state index in [2.05, 4.69) is 24.0 Å². The van der Waals surface area contributed by atoms with Crippen LogP contribution in [0.2, 0.25) is 5.02 Å². The zero-order valence-corrected chi connectivity index (χ0v) is 28.9. The quantitative estimate of drug-likeness (QED) is 0.0725. The van der Waals surface area contributed by atoms with Gasteiger partial charge in [-0.2, -0.15) is 0 Å². The minimum absolute atomic E-state index is 0.0652. The highest BCUT2D eigenvalue weighted by Gasteiger charge is 2.47. The van der Waals surface area contributed by atoms with Crippen LogP contribution in [0.5, 0.6) is 17.2 Å². The summed E-state index contributed by atoms with van der Waals surface area (Å²) in [7, 11) is 3.02. The number of ketones is 1. The number of fused-ring (bicyclic) bond motifs is 1. The molecule has 0 spiro atoms. The van der Waals surface area contributed by atoms with Gasteiger partial charge in [0.25, 0.3) is 5.91 Å². The first kappa shape index (κ1) is 33.4. The number of furan rings is 1. The average Bonchev–Trinajstić information content (AvgIpc) is 3.80. The van der Waals surface area contributed by atoms with E-state index in [1.165, 1.54) is 30.9 Å². The van der Waals surface area contributed by atoms with Crippen molar-refractivity contribution < 1.29 is 33.3 Å². The smallest absolute Gasteiger partial charge is 0.296 e. The average molecular weight is 706 g/mol. The monoisotopic (exact) mass is 705 g/mol. The molecule has 3 heterocycles. The molecule has 0 bridgehead atoms. The number of aromatic nitrogens is 2. The third-order valence-corrected chi connectivity index (χ3v) is 10.2. The van der Waals surface area contributed by atoms with E-state index in [4.69, 9.17) is 30.2 Å². The molecule has 6 rings (SSSR count). The Morgan fingerprint density at radius 2 is 1.83 bits per heavy atom. The van der Waals surface area contributed by atoms with Gasteiger partial charge in [-0.3, -0.25) is 14.5 Å². The van der Waals surface area contributed by atoms with E-state index in [1.54, 1.807) is 42.5 Å². The lowest BCUT2D eigenvalue weighted by Crippen LogP contribution is -2.31. The maximum absolute atomic E-state index is 14.2. The van der Waals surface area contributed by atoms with Crippen molar-refractivity contribution in [3.63, 3.8) is 0 Å². The van der Waals surface area contributed by atoms with E-state index in [1.807, 2.05) is 24.3 Å². The minimum atomic E-state index is -1.09. The molecule has 13 heteroatoms. The summed E-state index contributed by atoms with van der Waals surface area (Å²) >= 11 is 8.91. The molecule has 10 nitrogen and oxygen atoms in total. The normalized spacial score (nSPS) is 14.8. The first-order chi connectivity index (χ1) is 23.2. The molecule has 0 fully saturated rings. The molecule has 3 aromatic carbocycles. The molecule has 0 radical (unpaired) electrons. The number of para-hydroxylation sites is 1. The third-order valence-electron chi connectivity index (χ3n) is 7.77. The lowest BCUT2D eigenvalue weighted by Gasteiger charge is -2.24. The number of anilines is 1. The molecule has 1 unspecified atom stereocenters. The Hall–Kier alpha value is -4.52. The van der Waals surface area contributed by atoms with E-state index in [0.29, 0.717) is 61.4 Å². The number of methoxy groups -OCH3 is 2. The van der Waals surface area contributed by atoms with Crippen LogP contribution in [-0.4, -0.2) is 47.8 Å². The van der Waals surface area contributed by atoms with Crippen molar-refractivity contribution in [3.05, 3.63) is 100.0 Å². The van der Waals surface area contributed by atoms with Crippen LogP contribution in [0, 0.1) is 5.92 Å². The van der Waals surface area contributed by atoms with Crippen molar-refractivity contribution in [1.82, 2.24) is 10.2 Å². The molecule has 1 amide bonds. The Morgan fingerprint density at radius 3 is 2.58 bits per heavy atom. The summed E-state index contributed by atoms with van der Waals surface area (Å²) in [6, 6.07) is 18.4. The fourth-order valence-corrected chi connectivity index (χ4v) is 7.44. The van der Waals surface area contributed by atoms with Crippen LogP contribution in [0.1, 0.15) is 48.0 Å². The highest BCUT2D eigenvalue weighted by atomic mass is 35.5. The fraction of sp³-hybridized carbons (Fsp3) is 0.257. The van der Waals surface area contributed by atoms with Crippen LogP contribution in [-0.2, 0) is 10.5 Å². The fourth-order valence-electron chi connectivity index (χ4n) is 5.28. The van der Waals surface area contributed by atoms with E-state index in [9.17, 15) is 14.7 Å². The molecular formula is C35H32ClN3O7S2. The Morgan fingerprint density at radius 1 is 1.04 bits per heavy atom. The lowest BCUT2D eigenvalue weighted by atomic mass is 9.95. The summed E-state index contributed by atoms with van der Waals surface area (Å²) in [6.07, 6.45) is 0.848. The predicted octanol–water partition coefficient (Wildman–Crippen LogP) is 8.46. The van der Waals surface area contributed by atoms with Crippen LogP contribution < -0.4 is 19.1 Å². The molecule has 1 aliphatic heterocycles. The summed E-state index contributed by atoms with van der Waals surface area (Å²) in [4.78, 5) is 29.3. The van der Waals surface area contributed by atoms with Gasteiger partial charge < -0.3 is 23.7 Å². The first-order valence-corrected chi connectivity index (χ1v) is 17.3. The van der Waals surface area contributed by atoms with Crippen LogP contribution >= 0.6 is 34.7 Å². The van der Waals surface area contributed by atoms with Crippen LogP contribution in [0.15, 0.2) is 86.8 Å². The van der Waals surface area contributed by atoms with Crippen LogP contribution in [0.3, 0.4) is 0 Å². The number of halogens is 1. The highest BCUT2D eigenvalue weighted by Crippen LogP contribution is 2.46. The number of carbonyl (C=O) groups excluding carboxylic acids is 2.